The summed E-state index contributed by atoms with van der Waals surface area (Å²) in [6.07, 6.45) is 3.74. The number of hydrogen-bond acceptors (Lipinski definition) is 5. The Bertz CT molecular complexity index is 969. The summed E-state index contributed by atoms with van der Waals surface area (Å²) in [5.74, 6) is -0.740. The van der Waals surface area contributed by atoms with Gasteiger partial charge >= 0.3 is 5.97 Å². The standard InChI is InChI=1S/C22H21FN2O3/c23-18-4-1-15(2-5-18)14-28-22(26)16-3-6-21-17(11-16)12-20(13-24-21)25-19-7-9-27-10-8-19/h1-6,11-13,19,25H,7-10,14H2. The maximum absolute atomic E-state index is 13.0. The lowest BCUT2D eigenvalue weighted by Crippen LogP contribution is -2.27. The Kier molecular flexibility index (Phi) is 5.48. The summed E-state index contributed by atoms with van der Waals surface area (Å²) in [5.41, 5.74) is 2.93. The van der Waals surface area contributed by atoms with Crippen molar-refractivity contribution in [3.63, 3.8) is 0 Å². The molecule has 1 aliphatic heterocycles. The summed E-state index contributed by atoms with van der Waals surface area (Å²) in [4.78, 5) is 16.9. The predicted molar refractivity (Wildman–Crippen MR) is 105 cm³/mol. The number of halogens is 1. The molecule has 0 radical (unpaired) electrons. The van der Waals surface area contributed by atoms with Crippen LogP contribution < -0.4 is 5.32 Å². The van der Waals surface area contributed by atoms with Gasteiger partial charge in [0.2, 0.25) is 0 Å². The van der Waals surface area contributed by atoms with Crippen LogP contribution in [-0.2, 0) is 16.1 Å². The molecule has 2 heterocycles. The van der Waals surface area contributed by atoms with Crippen LogP contribution in [0, 0.1) is 5.82 Å². The number of esters is 1. The average Bonchev–Trinajstić information content (AvgIpc) is 2.73. The first kappa shape index (κ1) is 18.4. The van der Waals surface area contributed by atoms with Gasteiger partial charge in [0.1, 0.15) is 12.4 Å². The first-order valence-electron chi connectivity index (χ1n) is 9.33. The molecular formula is C22H21FN2O3. The van der Waals surface area contributed by atoms with E-state index >= 15 is 0 Å². The van der Waals surface area contributed by atoms with Crippen LogP contribution in [0.1, 0.15) is 28.8 Å². The molecule has 0 aliphatic carbocycles. The van der Waals surface area contributed by atoms with Gasteiger partial charge in [0.25, 0.3) is 0 Å². The largest absolute Gasteiger partial charge is 0.457 e. The number of hydrogen-bond donors (Lipinski definition) is 1. The molecule has 28 heavy (non-hydrogen) atoms. The fourth-order valence-electron chi connectivity index (χ4n) is 3.23. The highest BCUT2D eigenvalue weighted by atomic mass is 19.1. The lowest BCUT2D eigenvalue weighted by Gasteiger charge is -2.24. The number of carbonyl (C=O) groups excluding carboxylic acids is 1. The fraction of sp³-hybridized carbons (Fsp3) is 0.273. The van der Waals surface area contributed by atoms with Crippen LogP contribution in [0.5, 0.6) is 0 Å². The van der Waals surface area contributed by atoms with Crippen molar-refractivity contribution in [1.29, 1.82) is 0 Å². The fourth-order valence-corrected chi connectivity index (χ4v) is 3.23. The number of carbonyl (C=O) groups is 1. The molecule has 0 spiro atoms. The minimum Gasteiger partial charge on any atom is -0.457 e. The molecule has 0 saturated carbocycles. The summed E-state index contributed by atoms with van der Waals surface area (Å²) in [6, 6.07) is 13.5. The van der Waals surface area contributed by atoms with Gasteiger partial charge in [0, 0.05) is 24.6 Å². The van der Waals surface area contributed by atoms with Crippen molar-refractivity contribution >= 4 is 22.6 Å². The third kappa shape index (κ3) is 4.46. The molecule has 1 aromatic heterocycles. The molecule has 1 aliphatic rings. The highest BCUT2D eigenvalue weighted by Gasteiger charge is 2.14. The second-order valence-corrected chi connectivity index (χ2v) is 6.87. The van der Waals surface area contributed by atoms with Crippen LogP contribution in [0.15, 0.2) is 54.7 Å². The van der Waals surface area contributed by atoms with E-state index in [1.165, 1.54) is 12.1 Å². The number of nitrogens with one attached hydrogen (secondary N) is 1. The number of ether oxygens (including phenoxy) is 2. The Morgan fingerprint density at radius 3 is 2.71 bits per heavy atom. The van der Waals surface area contributed by atoms with Gasteiger partial charge in [-0.05, 0) is 54.8 Å². The summed E-state index contributed by atoms with van der Waals surface area (Å²) in [5, 5.41) is 4.35. The van der Waals surface area contributed by atoms with E-state index in [0.29, 0.717) is 11.6 Å². The lowest BCUT2D eigenvalue weighted by molar-refractivity contribution is 0.0473. The number of aromatic nitrogens is 1. The summed E-state index contributed by atoms with van der Waals surface area (Å²) in [6.45, 7) is 1.63. The molecule has 0 unspecified atom stereocenters. The molecule has 3 aromatic rings. The molecule has 2 aromatic carbocycles. The van der Waals surface area contributed by atoms with Gasteiger partial charge in [0.15, 0.2) is 0 Å². The van der Waals surface area contributed by atoms with Crippen LogP contribution in [0.4, 0.5) is 10.1 Å². The Labute approximate surface area is 162 Å². The van der Waals surface area contributed by atoms with Gasteiger partial charge in [-0.2, -0.15) is 0 Å². The number of anilines is 1. The van der Waals surface area contributed by atoms with E-state index in [1.54, 1.807) is 24.3 Å². The second-order valence-electron chi connectivity index (χ2n) is 6.87. The zero-order chi connectivity index (χ0) is 19.3. The SMILES string of the molecule is O=C(OCc1ccc(F)cc1)c1ccc2ncc(NC3CCOCC3)cc2c1. The highest BCUT2D eigenvalue weighted by Crippen LogP contribution is 2.21. The molecule has 6 heteroatoms. The Hall–Kier alpha value is -2.99. The molecule has 4 rings (SSSR count). The topological polar surface area (TPSA) is 60.5 Å². The van der Waals surface area contributed by atoms with Gasteiger partial charge in [-0.3, -0.25) is 4.98 Å². The minimum atomic E-state index is -0.422. The summed E-state index contributed by atoms with van der Waals surface area (Å²) in [7, 11) is 0. The number of nitrogens with zero attached hydrogens (tertiary/aromatic N) is 1. The number of benzene rings is 2. The summed E-state index contributed by atoms with van der Waals surface area (Å²) >= 11 is 0. The van der Waals surface area contributed by atoms with E-state index in [-0.39, 0.29) is 12.4 Å². The van der Waals surface area contributed by atoms with Crippen molar-refractivity contribution in [3.05, 3.63) is 71.7 Å². The van der Waals surface area contributed by atoms with Crippen molar-refractivity contribution < 1.29 is 18.7 Å². The molecular weight excluding hydrogens is 359 g/mol. The van der Waals surface area contributed by atoms with Gasteiger partial charge in [0.05, 0.1) is 23.0 Å². The van der Waals surface area contributed by atoms with Crippen LogP contribution in [0.25, 0.3) is 10.9 Å². The van der Waals surface area contributed by atoms with E-state index in [1.807, 2.05) is 18.3 Å². The normalized spacial score (nSPS) is 14.8. The molecule has 0 bridgehead atoms. The molecule has 1 saturated heterocycles. The van der Waals surface area contributed by atoms with E-state index in [2.05, 4.69) is 10.3 Å². The lowest BCUT2D eigenvalue weighted by atomic mass is 10.1. The number of rotatable bonds is 5. The van der Waals surface area contributed by atoms with Gasteiger partial charge in [-0.25, -0.2) is 9.18 Å². The quantitative estimate of drug-likeness (QED) is 0.668. The van der Waals surface area contributed by atoms with E-state index in [4.69, 9.17) is 9.47 Å². The van der Waals surface area contributed by atoms with Gasteiger partial charge in [-0.1, -0.05) is 12.1 Å². The van der Waals surface area contributed by atoms with E-state index in [9.17, 15) is 9.18 Å². The van der Waals surface area contributed by atoms with Crippen molar-refractivity contribution in [2.24, 2.45) is 0 Å². The first-order valence-corrected chi connectivity index (χ1v) is 9.33. The Morgan fingerprint density at radius 1 is 1.14 bits per heavy atom. The highest BCUT2D eigenvalue weighted by molar-refractivity contribution is 5.95. The Morgan fingerprint density at radius 2 is 1.93 bits per heavy atom. The minimum absolute atomic E-state index is 0.0980. The zero-order valence-electron chi connectivity index (χ0n) is 15.4. The molecule has 0 amide bonds. The monoisotopic (exact) mass is 380 g/mol. The number of pyridine rings is 1. The van der Waals surface area contributed by atoms with Crippen LogP contribution in [-0.4, -0.2) is 30.2 Å². The average molecular weight is 380 g/mol. The second kappa shape index (κ2) is 8.35. The van der Waals surface area contributed by atoms with Crippen molar-refractivity contribution in [2.75, 3.05) is 18.5 Å². The predicted octanol–water partition coefficient (Wildman–Crippen LogP) is 4.32. The van der Waals surface area contributed by atoms with E-state index in [0.717, 1.165) is 48.2 Å². The smallest absolute Gasteiger partial charge is 0.338 e. The van der Waals surface area contributed by atoms with Crippen LogP contribution in [0.2, 0.25) is 0 Å². The number of fused-ring (bicyclic) bond motifs is 1. The maximum atomic E-state index is 13.0. The molecule has 144 valence electrons. The summed E-state index contributed by atoms with van der Waals surface area (Å²) < 4.78 is 23.7. The van der Waals surface area contributed by atoms with Gasteiger partial charge in [-0.15, -0.1) is 0 Å². The first-order chi connectivity index (χ1) is 13.7. The third-order valence-corrected chi connectivity index (χ3v) is 4.79. The maximum Gasteiger partial charge on any atom is 0.338 e. The van der Waals surface area contributed by atoms with Crippen molar-refractivity contribution in [1.82, 2.24) is 4.98 Å². The van der Waals surface area contributed by atoms with Gasteiger partial charge < -0.3 is 14.8 Å². The third-order valence-electron chi connectivity index (χ3n) is 4.79. The van der Waals surface area contributed by atoms with Crippen LogP contribution >= 0.6 is 0 Å². The Balaban J connectivity index is 1.45. The van der Waals surface area contributed by atoms with E-state index < -0.39 is 5.97 Å². The molecule has 0 atom stereocenters. The molecule has 5 nitrogen and oxygen atoms in total. The van der Waals surface area contributed by atoms with Crippen molar-refractivity contribution in [2.45, 2.75) is 25.5 Å². The van der Waals surface area contributed by atoms with Crippen molar-refractivity contribution in [3.8, 4) is 0 Å². The molecule has 1 N–H and O–H groups in total. The van der Waals surface area contributed by atoms with Crippen LogP contribution in [0.3, 0.4) is 0 Å². The molecule has 1 fully saturated rings. The zero-order valence-corrected chi connectivity index (χ0v) is 15.4.